The number of carbonyl (C=O) groups is 2. The Morgan fingerprint density at radius 3 is 2.18 bits per heavy atom. The highest BCUT2D eigenvalue weighted by Crippen LogP contribution is 2.70. The second-order valence-electron chi connectivity index (χ2n) is 10.4. The lowest BCUT2D eigenvalue weighted by molar-refractivity contribution is -0.125. The van der Waals surface area contributed by atoms with Gasteiger partial charge in [-0.1, -0.05) is 34.1 Å². The van der Waals surface area contributed by atoms with Gasteiger partial charge in [0.25, 0.3) is 10.0 Å². The third-order valence-corrected chi connectivity index (χ3v) is 9.68. The van der Waals surface area contributed by atoms with Crippen LogP contribution in [-0.2, 0) is 25.6 Å². The van der Waals surface area contributed by atoms with Crippen LogP contribution in [-0.4, -0.2) is 36.9 Å². The number of urea groups is 1. The molecule has 2 bridgehead atoms. The molecule has 1 aromatic carbocycles. The molecular formula is C26H29N7O4S. The first-order valence-corrected chi connectivity index (χ1v) is 13.8. The smallest absolute Gasteiger partial charge is 0.328 e. The SMILES string of the molecule is CCCCNC(=O)NS(=O)(=O)c1ccc(NC(=O)C23CCC(C)(c4nc(C#N)c(C#N)nc42)C3(C)C)cc1. The Bertz CT molecular complexity index is 1510. The number of nitriles is 2. The Labute approximate surface area is 221 Å². The Morgan fingerprint density at radius 1 is 1.00 bits per heavy atom. The lowest BCUT2D eigenvalue weighted by Crippen LogP contribution is -2.48. The number of unbranched alkanes of at least 4 members (excludes halogenated alkanes) is 1. The number of benzene rings is 1. The third-order valence-electron chi connectivity index (χ3n) is 8.33. The molecule has 0 radical (unpaired) electrons. The molecule has 3 amide bonds. The molecule has 3 N–H and O–H groups in total. The molecule has 2 aliphatic rings. The van der Waals surface area contributed by atoms with Gasteiger partial charge in [0, 0.05) is 17.6 Å². The topological polar surface area (TPSA) is 178 Å². The van der Waals surface area contributed by atoms with Gasteiger partial charge < -0.3 is 10.6 Å². The summed E-state index contributed by atoms with van der Waals surface area (Å²) in [5.74, 6) is -0.350. The Balaban J connectivity index is 1.61. The van der Waals surface area contributed by atoms with E-state index >= 15 is 0 Å². The monoisotopic (exact) mass is 535 g/mol. The maximum absolute atomic E-state index is 13.9. The summed E-state index contributed by atoms with van der Waals surface area (Å²) in [5, 5.41) is 24.4. The number of sulfonamides is 1. The zero-order chi connectivity index (χ0) is 27.9. The number of aromatic nitrogens is 2. The predicted octanol–water partition coefficient (Wildman–Crippen LogP) is 2.98. The first kappa shape index (κ1) is 27.0. The van der Waals surface area contributed by atoms with Gasteiger partial charge in [0.1, 0.15) is 12.1 Å². The maximum Gasteiger partial charge on any atom is 0.328 e. The maximum atomic E-state index is 13.9. The molecule has 1 saturated carbocycles. The van der Waals surface area contributed by atoms with E-state index < -0.39 is 32.3 Å². The van der Waals surface area contributed by atoms with Gasteiger partial charge in [-0.05, 0) is 48.9 Å². The summed E-state index contributed by atoms with van der Waals surface area (Å²) in [4.78, 5) is 34.6. The molecule has 1 heterocycles. The van der Waals surface area contributed by atoms with Gasteiger partial charge >= 0.3 is 6.03 Å². The number of hydrogen-bond donors (Lipinski definition) is 3. The molecule has 2 aromatic rings. The van der Waals surface area contributed by atoms with E-state index in [0.29, 0.717) is 36.5 Å². The molecule has 2 aliphatic carbocycles. The van der Waals surface area contributed by atoms with E-state index in [1.54, 1.807) is 0 Å². The highest BCUT2D eigenvalue weighted by atomic mass is 32.2. The van der Waals surface area contributed by atoms with Crippen molar-refractivity contribution in [1.29, 1.82) is 10.5 Å². The molecule has 198 valence electrons. The van der Waals surface area contributed by atoms with Crippen molar-refractivity contribution in [3.8, 4) is 12.1 Å². The molecule has 1 aromatic heterocycles. The number of hydrogen-bond acceptors (Lipinski definition) is 8. The molecule has 2 unspecified atom stereocenters. The van der Waals surface area contributed by atoms with Gasteiger partial charge in [0.15, 0.2) is 11.4 Å². The van der Waals surface area contributed by atoms with E-state index in [9.17, 15) is 28.5 Å². The minimum absolute atomic E-state index is 0.0594. The van der Waals surface area contributed by atoms with Crippen molar-refractivity contribution >= 4 is 27.6 Å². The molecule has 1 fully saturated rings. The summed E-state index contributed by atoms with van der Waals surface area (Å²) in [7, 11) is -4.10. The van der Waals surface area contributed by atoms with Crippen LogP contribution in [0.4, 0.5) is 10.5 Å². The van der Waals surface area contributed by atoms with Crippen molar-refractivity contribution in [3.63, 3.8) is 0 Å². The summed E-state index contributed by atoms with van der Waals surface area (Å²) >= 11 is 0. The number of fused-ring (bicyclic) bond motifs is 5. The van der Waals surface area contributed by atoms with E-state index in [4.69, 9.17) is 0 Å². The number of carbonyl (C=O) groups excluding carboxylic acids is 2. The van der Waals surface area contributed by atoms with Crippen molar-refractivity contribution in [2.24, 2.45) is 5.41 Å². The van der Waals surface area contributed by atoms with Crippen LogP contribution in [0.1, 0.15) is 76.2 Å². The second-order valence-corrected chi connectivity index (χ2v) is 12.1. The molecule has 0 saturated heterocycles. The normalized spacial score (nSPS) is 22.6. The lowest BCUT2D eigenvalue weighted by atomic mass is 9.63. The number of rotatable bonds is 7. The average molecular weight is 536 g/mol. The third kappa shape index (κ3) is 3.87. The molecule has 11 nitrogen and oxygen atoms in total. The lowest BCUT2D eigenvalue weighted by Gasteiger charge is -2.39. The van der Waals surface area contributed by atoms with Crippen molar-refractivity contribution in [2.45, 2.75) is 69.1 Å². The van der Waals surface area contributed by atoms with Crippen LogP contribution in [0, 0.1) is 28.1 Å². The summed E-state index contributed by atoms with van der Waals surface area (Å²) in [5.41, 5.74) is -1.13. The molecule has 38 heavy (non-hydrogen) atoms. The summed E-state index contributed by atoms with van der Waals surface area (Å²) < 4.78 is 27.1. The van der Waals surface area contributed by atoms with Crippen LogP contribution < -0.4 is 15.4 Å². The van der Waals surface area contributed by atoms with E-state index in [1.165, 1.54) is 24.3 Å². The fourth-order valence-corrected chi connectivity index (χ4v) is 6.62. The molecule has 4 rings (SSSR count). The fraction of sp³-hybridized carbons (Fsp3) is 0.462. The number of nitrogens with zero attached hydrogens (tertiary/aromatic N) is 4. The van der Waals surface area contributed by atoms with Gasteiger partial charge in [-0.3, -0.25) is 4.79 Å². The van der Waals surface area contributed by atoms with Crippen LogP contribution in [0.3, 0.4) is 0 Å². The van der Waals surface area contributed by atoms with Crippen LogP contribution in [0.25, 0.3) is 0 Å². The van der Waals surface area contributed by atoms with Gasteiger partial charge in [-0.2, -0.15) is 10.5 Å². The van der Waals surface area contributed by atoms with Gasteiger partial charge in [-0.15, -0.1) is 0 Å². The molecule has 2 atom stereocenters. The quantitative estimate of drug-likeness (QED) is 0.453. The standard InChI is InChI=1S/C26H29N7O4S/c1-5-6-13-29-23(35)33-38(36,37)17-9-7-16(8-10-17)30-22(34)26-12-11-25(4,24(26,2)3)20-21(26)32-19(15-28)18(14-27)31-20/h7-10H,5-6,11-13H2,1-4H3,(H,30,34)(H2,29,33,35). The van der Waals surface area contributed by atoms with Gasteiger partial charge in [-0.25, -0.2) is 27.9 Å². The van der Waals surface area contributed by atoms with Crippen LogP contribution in [0.2, 0.25) is 0 Å². The van der Waals surface area contributed by atoms with E-state index in [2.05, 4.69) is 20.6 Å². The first-order chi connectivity index (χ1) is 17.9. The average Bonchev–Trinajstić information content (AvgIpc) is 3.17. The molecular weight excluding hydrogens is 506 g/mol. The highest BCUT2D eigenvalue weighted by Gasteiger charge is 2.73. The van der Waals surface area contributed by atoms with Crippen molar-refractivity contribution in [1.82, 2.24) is 20.0 Å². The van der Waals surface area contributed by atoms with E-state index in [1.807, 2.05) is 44.6 Å². The second kappa shape index (κ2) is 9.37. The Kier molecular flexibility index (Phi) is 6.66. The van der Waals surface area contributed by atoms with Crippen LogP contribution in [0.15, 0.2) is 29.2 Å². The highest BCUT2D eigenvalue weighted by molar-refractivity contribution is 7.90. The zero-order valence-corrected chi connectivity index (χ0v) is 22.5. The van der Waals surface area contributed by atoms with Crippen molar-refractivity contribution < 1.29 is 18.0 Å². The Morgan fingerprint density at radius 2 is 1.61 bits per heavy atom. The Hall–Kier alpha value is -4.03. The predicted molar refractivity (Wildman–Crippen MR) is 137 cm³/mol. The minimum atomic E-state index is -4.10. The van der Waals surface area contributed by atoms with Crippen molar-refractivity contribution in [3.05, 3.63) is 47.0 Å². The first-order valence-electron chi connectivity index (χ1n) is 12.3. The van der Waals surface area contributed by atoms with E-state index in [-0.39, 0.29) is 22.2 Å². The van der Waals surface area contributed by atoms with E-state index in [0.717, 1.165) is 12.8 Å². The summed E-state index contributed by atoms with van der Waals surface area (Å²) in [6.45, 7) is 8.25. The van der Waals surface area contributed by atoms with Crippen LogP contribution in [0.5, 0.6) is 0 Å². The summed E-state index contributed by atoms with van der Waals surface area (Å²) in [6.07, 6.45) is 2.71. The minimum Gasteiger partial charge on any atom is -0.337 e. The zero-order valence-electron chi connectivity index (χ0n) is 21.7. The number of amides is 3. The number of nitrogens with one attached hydrogen (secondary N) is 3. The van der Waals surface area contributed by atoms with Crippen LogP contribution >= 0.6 is 0 Å². The fourth-order valence-electron chi connectivity index (χ4n) is 5.69. The molecule has 0 aliphatic heterocycles. The van der Waals surface area contributed by atoms with Gasteiger partial charge in [0.2, 0.25) is 5.91 Å². The number of anilines is 1. The largest absolute Gasteiger partial charge is 0.337 e. The molecule has 0 spiro atoms. The van der Waals surface area contributed by atoms with Crippen molar-refractivity contribution in [2.75, 3.05) is 11.9 Å². The summed E-state index contributed by atoms with van der Waals surface area (Å²) in [6, 6.07) is 8.52. The molecule has 12 heteroatoms. The van der Waals surface area contributed by atoms with Gasteiger partial charge in [0.05, 0.1) is 21.7 Å².